The SMILES string of the molecule is COc1ccc(-c2nc(CC(=O)N3CCCC3CO)cs2)cc1. The molecule has 2 aromatic rings. The Morgan fingerprint density at radius 2 is 2.22 bits per heavy atom. The first-order valence-electron chi connectivity index (χ1n) is 7.70. The van der Waals surface area contributed by atoms with Gasteiger partial charge in [0.25, 0.3) is 0 Å². The van der Waals surface area contributed by atoms with E-state index in [9.17, 15) is 9.90 Å². The lowest BCUT2D eigenvalue weighted by molar-refractivity contribution is -0.132. The summed E-state index contributed by atoms with van der Waals surface area (Å²) in [6.45, 7) is 0.777. The zero-order valence-electron chi connectivity index (χ0n) is 13.1. The number of thiazole rings is 1. The van der Waals surface area contributed by atoms with Crippen molar-refractivity contribution in [2.24, 2.45) is 0 Å². The molecular formula is C17H20N2O3S. The fraction of sp³-hybridized carbons (Fsp3) is 0.412. The number of nitrogens with zero attached hydrogens (tertiary/aromatic N) is 2. The molecule has 0 bridgehead atoms. The molecule has 1 aromatic heterocycles. The lowest BCUT2D eigenvalue weighted by atomic mass is 10.2. The second kappa shape index (κ2) is 7.10. The third-order valence-electron chi connectivity index (χ3n) is 4.13. The summed E-state index contributed by atoms with van der Waals surface area (Å²) in [5.41, 5.74) is 1.80. The molecule has 1 amide bonds. The Labute approximate surface area is 139 Å². The molecule has 1 unspecified atom stereocenters. The molecule has 2 heterocycles. The molecule has 1 aliphatic heterocycles. The maximum absolute atomic E-state index is 12.4. The third kappa shape index (κ3) is 3.54. The highest BCUT2D eigenvalue weighted by Crippen LogP contribution is 2.26. The first kappa shape index (κ1) is 16.0. The number of rotatable bonds is 5. The predicted molar refractivity (Wildman–Crippen MR) is 89.6 cm³/mol. The van der Waals surface area contributed by atoms with E-state index >= 15 is 0 Å². The molecule has 3 rings (SSSR count). The van der Waals surface area contributed by atoms with Gasteiger partial charge >= 0.3 is 0 Å². The highest BCUT2D eigenvalue weighted by atomic mass is 32.1. The van der Waals surface area contributed by atoms with Crippen LogP contribution in [0.4, 0.5) is 0 Å². The first-order valence-corrected chi connectivity index (χ1v) is 8.58. The summed E-state index contributed by atoms with van der Waals surface area (Å²) in [4.78, 5) is 18.7. The molecule has 0 radical (unpaired) electrons. The number of ether oxygens (including phenoxy) is 1. The quantitative estimate of drug-likeness (QED) is 0.913. The number of carbonyl (C=O) groups is 1. The van der Waals surface area contributed by atoms with Crippen LogP contribution in [0.15, 0.2) is 29.6 Å². The zero-order valence-corrected chi connectivity index (χ0v) is 13.9. The van der Waals surface area contributed by atoms with E-state index in [0.717, 1.165) is 41.4 Å². The van der Waals surface area contributed by atoms with Crippen LogP contribution in [0.1, 0.15) is 18.5 Å². The fourth-order valence-corrected chi connectivity index (χ4v) is 3.69. The van der Waals surface area contributed by atoms with Crippen LogP contribution in [0.2, 0.25) is 0 Å². The molecule has 5 nitrogen and oxygen atoms in total. The molecule has 1 aromatic carbocycles. The van der Waals surface area contributed by atoms with Gasteiger partial charge in [0.1, 0.15) is 10.8 Å². The third-order valence-corrected chi connectivity index (χ3v) is 5.07. The van der Waals surface area contributed by atoms with Gasteiger partial charge < -0.3 is 14.7 Å². The van der Waals surface area contributed by atoms with Crippen LogP contribution in [0.3, 0.4) is 0 Å². The molecule has 0 aliphatic carbocycles. The summed E-state index contributed by atoms with van der Waals surface area (Å²) in [6.07, 6.45) is 2.14. The van der Waals surface area contributed by atoms with Crippen LogP contribution in [0.25, 0.3) is 10.6 Å². The Morgan fingerprint density at radius 1 is 1.43 bits per heavy atom. The lowest BCUT2D eigenvalue weighted by Crippen LogP contribution is -2.38. The van der Waals surface area contributed by atoms with Crippen molar-refractivity contribution in [1.29, 1.82) is 0 Å². The molecule has 1 saturated heterocycles. The minimum Gasteiger partial charge on any atom is -0.497 e. The molecule has 1 atom stereocenters. The van der Waals surface area contributed by atoms with Gasteiger partial charge in [0.05, 0.1) is 31.9 Å². The van der Waals surface area contributed by atoms with E-state index in [0.29, 0.717) is 6.42 Å². The van der Waals surface area contributed by atoms with Crippen molar-refractivity contribution in [1.82, 2.24) is 9.88 Å². The number of likely N-dealkylation sites (tertiary alicyclic amines) is 1. The lowest BCUT2D eigenvalue weighted by Gasteiger charge is -2.22. The van der Waals surface area contributed by atoms with Crippen molar-refractivity contribution in [2.45, 2.75) is 25.3 Å². The molecule has 1 N–H and O–H groups in total. The van der Waals surface area contributed by atoms with Gasteiger partial charge in [-0.2, -0.15) is 0 Å². The fourth-order valence-electron chi connectivity index (χ4n) is 2.86. The van der Waals surface area contributed by atoms with Gasteiger partial charge in [-0.1, -0.05) is 0 Å². The standard InChI is InChI=1S/C17H20N2O3S/c1-22-15-6-4-12(5-7-15)17-18-13(11-23-17)9-16(21)19-8-2-3-14(19)10-20/h4-7,11,14,20H,2-3,8-10H2,1H3. The van der Waals surface area contributed by atoms with Crippen molar-refractivity contribution < 1.29 is 14.6 Å². The summed E-state index contributed by atoms with van der Waals surface area (Å²) in [5.74, 6) is 0.859. The Bertz CT molecular complexity index is 669. The van der Waals surface area contributed by atoms with Crippen molar-refractivity contribution in [3.8, 4) is 16.3 Å². The summed E-state index contributed by atoms with van der Waals surface area (Å²) in [7, 11) is 1.64. The van der Waals surface area contributed by atoms with Crippen LogP contribution in [-0.2, 0) is 11.2 Å². The molecule has 1 aliphatic rings. The van der Waals surface area contributed by atoms with E-state index in [2.05, 4.69) is 4.98 Å². The monoisotopic (exact) mass is 332 g/mol. The molecule has 122 valence electrons. The topological polar surface area (TPSA) is 62.7 Å². The molecule has 6 heteroatoms. The number of aliphatic hydroxyl groups is 1. The number of aromatic nitrogens is 1. The number of methoxy groups -OCH3 is 1. The largest absolute Gasteiger partial charge is 0.497 e. The van der Waals surface area contributed by atoms with E-state index < -0.39 is 0 Å². The number of amides is 1. The maximum atomic E-state index is 12.4. The van der Waals surface area contributed by atoms with Crippen molar-refractivity contribution in [2.75, 3.05) is 20.3 Å². The van der Waals surface area contributed by atoms with E-state index in [1.54, 1.807) is 12.0 Å². The van der Waals surface area contributed by atoms with Gasteiger partial charge in [0.2, 0.25) is 5.91 Å². The number of aliphatic hydroxyl groups excluding tert-OH is 1. The maximum Gasteiger partial charge on any atom is 0.228 e. The smallest absolute Gasteiger partial charge is 0.228 e. The number of benzene rings is 1. The average molecular weight is 332 g/mol. The zero-order chi connectivity index (χ0) is 16.2. The summed E-state index contributed by atoms with van der Waals surface area (Å²) >= 11 is 1.54. The highest BCUT2D eigenvalue weighted by molar-refractivity contribution is 7.13. The predicted octanol–water partition coefficient (Wildman–Crippen LogP) is 2.34. The van der Waals surface area contributed by atoms with E-state index in [1.807, 2.05) is 29.6 Å². The second-order valence-corrected chi connectivity index (χ2v) is 6.47. The second-order valence-electron chi connectivity index (χ2n) is 5.62. The van der Waals surface area contributed by atoms with E-state index in [-0.39, 0.29) is 18.6 Å². The van der Waals surface area contributed by atoms with Gasteiger partial charge in [0.15, 0.2) is 0 Å². The molecule has 23 heavy (non-hydrogen) atoms. The molecule has 0 saturated carbocycles. The van der Waals surface area contributed by atoms with Crippen LogP contribution in [0.5, 0.6) is 5.75 Å². The Kier molecular flexibility index (Phi) is 4.93. The van der Waals surface area contributed by atoms with Crippen molar-refractivity contribution in [3.63, 3.8) is 0 Å². The van der Waals surface area contributed by atoms with Gasteiger partial charge in [-0.05, 0) is 37.1 Å². The summed E-state index contributed by atoms with van der Waals surface area (Å²) in [6, 6.07) is 7.70. The van der Waals surface area contributed by atoms with Crippen LogP contribution in [0, 0.1) is 0 Å². The van der Waals surface area contributed by atoms with Crippen LogP contribution >= 0.6 is 11.3 Å². The van der Waals surface area contributed by atoms with Gasteiger partial charge in [-0.15, -0.1) is 11.3 Å². The molecule has 1 fully saturated rings. The Morgan fingerprint density at radius 3 is 2.91 bits per heavy atom. The van der Waals surface area contributed by atoms with Crippen molar-refractivity contribution in [3.05, 3.63) is 35.3 Å². The highest BCUT2D eigenvalue weighted by Gasteiger charge is 2.28. The van der Waals surface area contributed by atoms with Gasteiger partial charge in [0, 0.05) is 17.5 Å². The Hall–Kier alpha value is -1.92. The first-order chi connectivity index (χ1) is 11.2. The minimum atomic E-state index is -0.0257. The number of hydrogen-bond donors (Lipinski definition) is 1. The number of carbonyl (C=O) groups excluding carboxylic acids is 1. The van der Waals surface area contributed by atoms with Crippen molar-refractivity contribution >= 4 is 17.2 Å². The van der Waals surface area contributed by atoms with Crippen LogP contribution in [-0.4, -0.2) is 47.2 Å². The average Bonchev–Trinajstić information content (AvgIpc) is 3.23. The van der Waals surface area contributed by atoms with E-state index in [4.69, 9.17) is 4.74 Å². The molecule has 0 spiro atoms. The summed E-state index contributed by atoms with van der Waals surface area (Å²) < 4.78 is 5.15. The number of hydrogen-bond acceptors (Lipinski definition) is 5. The van der Waals surface area contributed by atoms with Gasteiger partial charge in [-0.25, -0.2) is 4.98 Å². The summed E-state index contributed by atoms with van der Waals surface area (Å²) in [5, 5.41) is 12.2. The van der Waals surface area contributed by atoms with Gasteiger partial charge in [-0.3, -0.25) is 4.79 Å². The van der Waals surface area contributed by atoms with Crippen LogP contribution < -0.4 is 4.74 Å². The normalized spacial score (nSPS) is 17.5. The van der Waals surface area contributed by atoms with E-state index in [1.165, 1.54) is 11.3 Å². The minimum absolute atomic E-state index is 0.0257. The Balaban J connectivity index is 1.68. The molecular weight excluding hydrogens is 312 g/mol.